The van der Waals surface area contributed by atoms with Gasteiger partial charge in [0.25, 0.3) is 5.92 Å². The van der Waals surface area contributed by atoms with Gasteiger partial charge in [-0.2, -0.15) is 0 Å². The molecule has 0 spiro atoms. The van der Waals surface area contributed by atoms with E-state index in [4.69, 9.17) is 5.11 Å². The molecule has 0 aliphatic rings. The summed E-state index contributed by atoms with van der Waals surface area (Å²) >= 11 is 0. The minimum absolute atomic E-state index is 0.0329. The Balaban J connectivity index is 2.98. The standard InChI is InChI=1S/C13H16F2O2/c1-12(2,8-11(16)17)9-4-6-10(7-5-9)13(3,14)15/h4-7H,8H2,1-3H3,(H,16,17). The van der Waals surface area contributed by atoms with Gasteiger partial charge in [0.05, 0.1) is 6.42 Å². The van der Waals surface area contributed by atoms with E-state index in [1.165, 1.54) is 12.1 Å². The number of alkyl halides is 2. The Bertz CT molecular complexity index is 402. The van der Waals surface area contributed by atoms with Crippen molar-refractivity contribution in [2.75, 3.05) is 0 Å². The molecule has 0 unspecified atom stereocenters. The summed E-state index contributed by atoms with van der Waals surface area (Å²) in [6.07, 6.45) is -0.0329. The van der Waals surface area contributed by atoms with Crippen LogP contribution in [0.4, 0.5) is 8.78 Å². The molecule has 1 aromatic carbocycles. The number of carboxylic acids is 1. The fourth-order valence-electron chi connectivity index (χ4n) is 1.69. The quantitative estimate of drug-likeness (QED) is 0.876. The van der Waals surface area contributed by atoms with E-state index in [-0.39, 0.29) is 12.0 Å². The number of rotatable bonds is 4. The Kier molecular flexibility index (Phi) is 3.55. The molecule has 4 heteroatoms. The summed E-state index contributed by atoms with van der Waals surface area (Å²) < 4.78 is 26.0. The first kappa shape index (κ1) is 13.6. The van der Waals surface area contributed by atoms with Crippen LogP contribution in [-0.4, -0.2) is 11.1 Å². The lowest BCUT2D eigenvalue weighted by Crippen LogP contribution is -2.21. The van der Waals surface area contributed by atoms with Gasteiger partial charge in [0.15, 0.2) is 0 Å². The van der Waals surface area contributed by atoms with Crippen molar-refractivity contribution in [1.29, 1.82) is 0 Å². The van der Waals surface area contributed by atoms with Crippen LogP contribution in [0.5, 0.6) is 0 Å². The molecule has 17 heavy (non-hydrogen) atoms. The second kappa shape index (κ2) is 4.43. The monoisotopic (exact) mass is 242 g/mol. The van der Waals surface area contributed by atoms with E-state index in [0.717, 1.165) is 12.5 Å². The van der Waals surface area contributed by atoms with Crippen LogP contribution < -0.4 is 0 Å². The van der Waals surface area contributed by atoms with Crippen molar-refractivity contribution >= 4 is 5.97 Å². The predicted octanol–water partition coefficient (Wildman–Crippen LogP) is 3.55. The third-order valence-electron chi connectivity index (χ3n) is 2.77. The van der Waals surface area contributed by atoms with Crippen LogP contribution in [0.3, 0.4) is 0 Å². The lowest BCUT2D eigenvalue weighted by molar-refractivity contribution is -0.138. The normalized spacial score (nSPS) is 12.5. The van der Waals surface area contributed by atoms with Crippen LogP contribution >= 0.6 is 0 Å². The SMILES string of the molecule is CC(F)(F)c1ccc(C(C)(C)CC(=O)O)cc1. The average Bonchev–Trinajstić information content (AvgIpc) is 2.14. The summed E-state index contributed by atoms with van der Waals surface area (Å²) in [6.45, 7) is 4.39. The van der Waals surface area contributed by atoms with Gasteiger partial charge in [-0.05, 0) is 5.56 Å². The number of aliphatic carboxylic acids is 1. The van der Waals surface area contributed by atoms with E-state index in [2.05, 4.69) is 0 Å². The number of hydrogen-bond acceptors (Lipinski definition) is 1. The first-order chi connectivity index (χ1) is 7.63. The zero-order chi connectivity index (χ0) is 13.3. The molecule has 94 valence electrons. The van der Waals surface area contributed by atoms with Crippen molar-refractivity contribution in [3.63, 3.8) is 0 Å². The molecule has 0 aliphatic carbocycles. The van der Waals surface area contributed by atoms with Crippen LogP contribution in [0.15, 0.2) is 24.3 Å². The third-order valence-corrected chi connectivity index (χ3v) is 2.77. The maximum atomic E-state index is 13.0. The minimum Gasteiger partial charge on any atom is -0.481 e. The van der Waals surface area contributed by atoms with Gasteiger partial charge in [-0.1, -0.05) is 38.1 Å². The summed E-state index contributed by atoms with van der Waals surface area (Å²) in [7, 11) is 0. The number of hydrogen-bond donors (Lipinski definition) is 1. The molecule has 0 fully saturated rings. The van der Waals surface area contributed by atoms with E-state index in [9.17, 15) is 13.6 Å². The summed E-state index contributed by atoms with van der Waals surface area (Å²) in [5, 5.41) is 8.77. The summed E-state index contributed by atoms with van der Waals surface area (Å²) in [5.74, 6) is -3.77. The topological polar surface area (TPSA) is 37.3 Å². The molecule has 1 rings (SSSR count). The molecule has 2 nitrogen and oxygen atoms in total. The van der Waals surface area contributed by atoms with E-state index in [0.29, 0.717) is 0 Å². The van der Waals surface area contributed by atoms with Crippen molar-refractivity contribution in [2.24, 2.45) is 0 Å². The maximum Gasteiger partial charge on any atom is 0.304 e. The van der Waals surface area contributed by atoms with Gasteiger partial charge in [-0.3, -0.25) is 4.79 Å². The van der Waals surface area contributed by atoms with Gasteiger partial charge >= 0.3 is 5.97 Å². The van der Waals surface area contributed by atoms with Gasteiger partial charge in [0, 0.05) is 17.9 Å². The molecule has 1 N–H and O–H groups in total. The molecule has 1 aromatic rings. The Morgan fingerprint density at radius 1 is 1.12 bits per heavy atom. The molecule has 0 bridgehead atoms. The highest BCUT2D eigenvalue weighted by Gasteiger charge is 2.27. The Morgan fingerprint density at radius 2 is 1.53 bits per heavy atom. The number of carbonyl (C=O) groups is 1. The van der Waals surface area contributed by atoms with Gasteiger partial charge < -0.3 is 5.11 Å². The summed E-state index contributed by atoms with van der Waals surface area (Å²) in [5.41, 5.74) is 0.119. The second-order valence-corrected chi connectivity index (χ2v) is 4.92. The molecule has 0 atom stereocenters. The van der Waals surface area contributed by atoms with Crippen molar-refractivity contribution in [3.05, 3.63) is 35.4 Å². The first-order valence-electron chi connectivity index (χ1n) is 5.33. The summed E-state index contributed by atoms with van der Waals surface area (Å²) in [4.78, 5) is 10.7. The van der Waals surface area contributed by atoms with Crippen LogP contribution in [0.25, 0.3) is 0 Å². The predicted molar refractivity (Wildman–Crippen MR) is 61.3 cm³/mol. The van der Waals surface area contributed by atoms with Gasteiger partial charge in [0.2, 0.25) is 0 Å². The number of benzene rings is 1. The van der Waals surface area contributed by atoms with Crippen LogP contribution in [0.1, 0.15) is 38.3 Å². The number of carboxylic acid groups (broad SMARTS) is 1. The zero-order valence-electron chi connectivity index (χ0n) is 10.1. The summed E-state index contributed by atoms with van der Waals surface area (Å²) in [6, 6.07) is 5.82. The molecule has 0 heterocycles. The molecule has 0 saturated heterocycles. The fraction of sp³-hybridized carbons (Fsp3) is 0.462. The van der Waals surface area contributed by atoms with Gasteiger partial charge in [0.1, 0.15) is 0 Å². The molecular formula is C13H16F2O2. The van der Waals surface area contributed by atoms with Crippen molar-refractivity contribution < 1.29 is 18.7 Å². The largest absolute Gasteiger partial charge is 0.481 e. The van der Waals surface area contributed by atoms with Crippen molar-refractivity contribution in [3.8, 4) is 0 Å². The molecular weight excluding hydrogens is 226 g/mol. The lowest BCUT2D eigenvalue weighted by atomic mass is 9.81. The van der Waals surface area contributed by atoms with E-state index >= 15 is 0 Å². The van der Waals surface area contributed by atoms with Crippen LogP contribution in [0, 0.1) is 0 Å². The van der Waals surface area contributed by atoms with E-state index < -0.39 is 17.3 Å². The minimum atomic E-state index is -2.87. The highest BCUT2D eigenvalue weighted by atomic mass is 19.3. The zero-order valence-corrected chi connectivity index (χ0v) is 10.1. The first-order valence-corrected chi connectivity index (χ1v) is 5.33. The third kappa shape index (κ3) is 3.51. The van der Waals surface area contributed by atoms with Gasteiger partial charge in [-0.25, -0.2) is 8.78 Å². The fourth-order valence-corrected chi connectivity index (χ4v) is 1.69. The van der Waals surface area contributed by atoms with Crippen LogP contribution in [0.2, 0.25) is 0 Å². The van der Waals surface area contributed by atoms with Crippen molar-refractivity contribution in [1.82, 2.24) is 0 Å². The van der Waals surface area contributed by atoms with E-state index in [1.807, 2.05) is 0 Å². The number of halogens is 2. The van der Waals surface area contributed by atoms with Gasteiger partial charge in [-0.15, -0.1) is 0 Å². The molecule has 0 radical (unpaired) electrons. The van der Waals surface area contributed by atoms with E-state index in [1.54, 1.807) is 26.0 Å². The molecule has 0 aromatic heterocycles. The Hall–Kier alpha value is -1.45. The smallest absolute Gasteiger partial charge is 0.304 e. The van der Waals surface area contributed by atoms with Crippen LogP contribution in [-0.2, 0) is 16.1 Å². The van der Waals surface area contributed by atoms with Crippen molar-refractivity contribution in [2.45, 2.75) is 38.5 Å². The Morgan fingerprint density at radius 3 is 1.88 bits per heavy atom. The molecule has 0 amide bonds. The highest BCUT2D eigenvalue weighted by molar-refractivity contribution is 5.68. The lowest BCUT2D eigenvalue weighted by Gasteiger charge is -2.23. The molecule has 0 saturated carbocycles. The maximum absolute atomic E-state index is 13.0. The average molecular weight is 242 g/mol. The Labute approximate surface area is 99.3 Å². The second-order valence-electron chi connectivity index (χ2n) is 4.92. The molecule has 0 aliphatic heterocycles. The highest BCUT2D eigenvalue weighted by Crippen LogP contribution is 2.31.